The van der Waals surface area contributed by atoms with Crippen LogP contribution in [0.1, 0.15) is 37.7 Å². The van der Waals surface area contributed by atoms with Gasteiger partial charge in [0.2, 0.25) is 0 Å². The molecule has 1 aliphatic carbocycles. The highest BCUT2D eigenvalue weighted by Gasteiger charge is 2.25. The fraction of sp³-hybridized carbons (Fsp3) is 0.533. The van der Waals surface area contributed by atoms with Gasteiger partial charge >= 0.3 is 5.97 Å². The first-order chi connectivity index (χ1) is 8.65. The Morgan fingerprint density at radius 2 is 2.11 bits per heavy atom. The predicted molar refractivity (Wildman–Crippen MR) is 75.5 cm³/mol. The number of carboxylic acids is 1. The molecule has 0 spiro atoms. The van der Waals surface area contributed by atoms with Crippen LogP contribution in [0.5, 0.6) is 0 Å². The van der Waals surface area contributed by atoms with Crippen molar-refractivity contribution in [2.24, 2.45) is 11.8 Å². The van der Waals surface area contributed by atoms with Crippen LogP contribution in [0.3, 0.4) is 0 Å². The van der Waals surface area contributed by atoms with Crippen LogP contribution in [-0.4, -0.2) is 11.1 Å². The highest BCUT2D eigenvalue weighted by Crippen LogP contribution is 2.31. The maximum Gasteiger partial charge on any atom is 0.306 e. The van der Waals surface area contributed by atoms with Gasteiger partial charge in [-0.15, -0.1) is 0 Å². The molecule has 3 heteroatoms. The summed E-state index contributed by atoms with van der Waals surface area (Å²) in [5.41, 5.74) is 1.11. The zero-order chi connectivity index (χ0) is 13.0. The van der Waals surface area contributed by atoms with Crippen LogP contribution in [0.2, 0.25) is 0 Å². The molecular weight excluding hydrogens is 292 g/mol. The van der Waals surface area contributed by atoms with E-state index in [1.54, 1.807) is 0 Å². The summed E-state index contributed by atoms with van der Waals surface area (Å²) in [6.45, 7) is 0. The fourth-order valence-electron chi connectivity index (χ4n) is 2.87. The van der Waals surface area contributed by atoms with Crippen molar-refractivity contribution in [3.63, 3.8) is 0 Å². The molecule has 0 heterocycles. The van der Waals surface area contributed by atoms with Crippen LogP contribution in [0.4, 0.5) is 0 Å². The van der Waals surface area contributed by atoms with Crippen molar-refractivity contribution < 1.29 is 9.90 Å². The fourth-order valence-corrected chi connectivity index (χ4v) is 3.31. The predicted octanol–water partition coefficient (Wildman–Crippen LogP) is 4.27. The van der Waals surface area contributed by atoms with Gasteiger partial charge in [0.15, 0.2) is 0 Å². The van der Waals surface area contributed by atoms with E-state index in [1.165, 1.54) is 25.7 Å². The summed E-state index contributed by atoms with van der Waals surface area (Å²) in [4.78, 5) is 11.4. The molecule has 1 saturated carbocycles. The molecule has 1 aromatic rings. The lowest BCUT2D eigenvalue weighted by molar-refractivity contribution is -0.142. The van der Waals surface area contributed by atoms with Crippen LogP contribution >= 0.6 is 15.9 Å². The molecule has 18 heavy (non-hydrogen) atoms. The number of hydrogen-bond donors (Lipinski definition) is 1. The smallest absolute Gasteiger partial charge is 0.306 e. The summed E-state index contributed by atoms with van der Waals surface area (Å²) in [7, 11) is 0. The van der Waals surface area contributed by atoms with E-state index in [9.17, 15) is 9.90 Å². The second kappa shape index (κ2) is 6.37. The minimum Gasteiger partial charge on any atom is -0.481 e. The number of aliphatic carboxylic acids is 1. The normalized spacial score (nSPS) is 17.8. The van der Waals surface area contributed by atoms with E-state index in [0.29, 0.717) is 12.3 Å². The molecule has 2 rings (SSSR count). The van der Waals surface area contributed by atoms with Gasteiger partial charge in [-0.05, 0) is 36.5 Å². The van der Waals surface area contributed by atoms with Gasteiger partial charge in [0.05, 0.1) is 5.92 Å². The summed E-state index contributed by atoms with van der Waals surface area (Å²) < 4.78 is 1.02. The summed E-state index contributed by atoms with van der Waals surface area (Å²) in [6.07, 6.45) is 6.44. The molecule has 0 radical (unpaired) electrons. The average molecular weight is 311 g/mol. The molecule has 1 N–H and O–H groups in total. The summed E-state index contributed by atoms with van der Waals surface area (Å²) >= 11 is 3.43. The topological polar surface area (TPSA) is 37.3 Å². The number of hydrogen-bond acceptors (Lipinski definition) is 1. The van der Waals surface area contributed by atoms with Crippen molar-refractivity contribution in [2.45, 2.75) is 38.5 Å². The SMILES string of the molecule is O=C(O)C(Cc1cccc(Br)c1)CC1CCCC1. The summed E-state index contributed by atoms with van der Waals surface area (Å²) in [5.74, 6) is -0.262. The van der Waals surface area contributed by atoms with Crippen molar-refractivity contribution >= 4 is 21.9 Å². The Bertz CT molecular complexity index is 411. The first-order valence-electron chi connectivity index (χ1n) is 6.62. The van der Waals surface area contributed by atoms with Crippen molar-refractivity contribution in [1.82, 2.24) is 0 Å². The van der Waals surface area contributed by atoms with E-state index in [0.717, 1.165) is 16.5 Å². The Balaban J connectivity index is 1.99. The van der Waals surface area contributed by atoms with Crippen LogP contribution in [0.25, 0.3) is 0 Å². The molecule has 1 atom stereocenters. The largest absolute Gasteiger partial charge is 0.481 e. The zero-order valence-corrected chi connectivity index (χ0v) is 12.0. The standard InChI is InChI=1S/C15H19BrO2/c16-14-7-3-6-12(10-14)9-13(15(17)18)8-11-4-1-2-5-11/h3,6-7,10-11,13H,1-2,4-5,8-9H2,(H,17,18). The molecule has 0 amide bonds. The third kappa shape index (κ3) is 3.84. The lowest BCUT2D eigenvalue weighted by Crippen LogP contribution is -2.19. The Kier molecular flexibility index (Phi) is 4.81. The summed E-state index contributed by atoms with van der Waals surface area (Å²) in [5, 5.41) is 9.35. The van der Waals surface area contributed by atoms with Gasteiger partial charge in [-0.25, -0.2) is 0 Å². The van der Waals surface area contributed by atoms with Crippen molar-refractivity contribution in [1.29, 1.82) is 0 Å². The molecule has 0 aromatic heterocycles. The molecule has 1 aliphatic rings. The van der Waals surface area contributed by atoms with Gasteiger partial charge in [-0.1, -0.05) is 53.7 Å². The number of carbonyl (C=O) groups is 1. The minimum absolute atomic E-state index is 0.234. The van der Waals surface area contributed by atoms with Gasteiger partial charge in [0.1, 0.15) is 0 Å². The molecule has 1 fully saturated rings. The minimum atomic E-state index is -0.651. The Morgan fingerprint density at radius 3 is 2.72 bits per heavy atom. The maximum atomic E-state index is 11.4. The van der Waals surface area contributed by atoms with Crippen LogP contribution in [-0.2, 0) is 11.2 Å². The van der Waals surface area contributed by atoms with Crippen LogP contribution in [0, 0.1) is 11.8 Å². The van der Waals surface area contributed by atoms with Gasteiger partial charge in [-0.2, -0.15) is 0 Å². The highest BCUT2D eigenvalue weighted by molar-refractivity contribution is 9.10. The molecular formula is C15H19BrO2. The third-order valence-electron chi connectivity index (χ3n) is 3.81. The Morgan fingerprint density at radius 1 is 1.39 bits per heavy atom. The van der Waals surface area contributed by atoms with E-state index in [2.05, 4.69) is 15.9 Å². The number of benzene rings is 1. The quantitative estimate of drug-likeness (QED) is 0.881. The van der Waals surface area contributed by atoms with Gasteiger partial charge in [-0.3, -0.25) is 4.79 Å². The van der Waals surface area contributed by atoms with Gasteiger partial charge in [0.25, 0.3) is 0 Å². The second-order valence-electron chi connectivity index (χ2n) is 5.26. The first-order valence-corrected chi connectivity index (χ1v) is 7.41. The highest BCUT2D eigenvalue weighted by atomic mass is 79.9. The van der Waals surface area contributed by atoms with Gasteiger partial charge in [0, 0.05) is 4.47 Å². The van der Waals surface area contributed by atoms with E-state index < -0.39 is 5.97 Å². The van der Waals surface area contributed by atoms with E-state index in [4.69, 9.17) is 0 Å². The van der Waals surface area contributed by atoms with Crippen LogP contribution < -0.4 is 0 Å². The van der Waals surface area contributed by atoms with E-state index in [-0.39, 0.29) is 5.92 Å². The lowest BCUT2D eigenvalue weighted by atomic mass is 9.88. The first kappa shape index (κ1) is 13.6. The molecule has 0 saturated heterocycles. The number of rotatable bonds is 5. The molecule has 2 nitrogen and oxygen atoms in total. The molecule has 98 valence electrons. The van der Waals surface area contributed by atoms with E-state index >= 15 is 0 Å². The van der Waals surface area contributed by atoms with Crippen molar-refractivity contribution in [3.05, 3.63) is 34.3 Å². The Hall–Kier alpha value is -0.830. The second-order valence-corrected chi connectivity index (χ2v) is 6.17. The molecule has 0 bridgehead atoms. The lowest BCUT2D eigenvalue weighted by Gasteiger charge is -2.16. The van der Waals surface area contributed by atoms with Gasteiger partial charge < -0.3 is 5.11 Å². The molecule has 1 unspecified atom stereocenters. The third-order valence-corrected chi connectivity index (χ3v) is 4.31. The maximum absolute atomic E-state index is 11.4. The Labute approximate surface area is 117 Å². The van der Waals surface area contributed by atoms with Crippen molar-refractivity contribution in [2.75, 3.05) is 0 Å². The summed E-state index contributed by atoms with van der Waals surface area (Å²) in [6, 6.07) is 7.96. The zero-order valence-electron chi connectivity index (χ0n) is 10.4. The van der Waals surface area contributed by atoms with E-state index in [1.807, 2.05) is 24.3 Å². The molecule has 1 aromatic carbocycles. The molecule has 0 aliphatic heterocycles. The number of carboxylic acid groups (broad SMARTS) is 1. The van der Waals surface area contributed by atoms with Crippen molar-refractivity contribution in [3.8, 4) is 0 Å². The average Bonchev–Trinajstić information content (AvgIpc) is 2.81. The monoisotopic (exact) mass is 310 g/mol. The van der Waals surface area contributed by atoms with Crippen LogP contribution in [0.15, 0.2) is 28.7 Å². The number of halogens is 1.